The van der Waals surface area contributed by atoms with Crippen LogP contribution in [0.4, 0.5) is 5.69 Å². The van der Waals surface area contributed by atoms with Crippen molar-refractivity contribution in [3.8, 4) is 0 Å². The summed E-state index contributed by atoms with van der Waals surface area (Å²) in [5, 5.41) is 48.0. The molecule has 1 heterocycles. The number of hydrogen-bond acceptors (Lipinski definition) is 13. The van der Waals surface area contributed by atoms with Crippen LogP contribution in [0, 0.1) is 11.8 Å². The molecule has 52 heavy (non-hydrogen) atoms. The van der Waals surface area contributed by atoms with Gasteiger partial charge >= 0.3 is 11.9 Å². The minimum Gasteiger partial charge on any atom is -0.479 e. The van der Waals surface area contributed by atoms with Gasteiger partial charge in [-0.1, -0.05) is 19.9 Å². The number of carboxylic acid groups (broad SMARTS) is 1. The number of ketones is 2. The molecule has 16 nitrogen and oxygen atoms in total. The van der Waals surface area contributed by atoms with Crippen molar-refractivity contribution in [2.45, 2.75) is 120 Å². The molecule has 0 spiro atoms. The second kappa shape index (κ2) is 18.0. The molecule has 7 N–H and O–H groups in total. The van der Waals surface area contributed by atoms with Crippen LogP contribution in [0.1, 0.15) is 65.0 Å². The van der Waals surface area contributed by atoms with Gasteiger partial charge in [0.05, 0.1) is 12.0 Å². The Labute approximate surface area is 308 Å². The molecule has 0 radical (unpaired) electrons. The number of hydrogen-bond donors (Lipinski definition) is 8. The monoisotopic (exact) mass is 769 g/mol. The predicted molar refractivity (Wildman–Crippen MR) is 191 cm³/mol. The topological polar surface area (TPSA) is 255 Å². The molecule has 3 amide bonds. The molecule has 1 aliphatic carbocycles. The summed E-state index contributed by atoms with van der Waals surface area (Å²) in [6, 6.07) is 2.48. The van der Waals surface area contributed by atoms with Gasteiger partial charge in [0.15, 0.2) is 11.9 Å². The Hall–Kier alpha value is -3.47. The van der Waals surface area contributed by atoms with Gasteiger partial charge in [-0.3, -0.25) is 28.8 Å². The Morgan fingerprint density at radius 2 is 1.65 bits per heavy atom. The zero-order valence-corrected chi connectivity index (χ0v) is 31.6. The van der Waals surface area contributed by atoms with E-state index in [0.717, 1.165) is 0 Å². The van der Waals surface area contributed by atoms with Crippen molar-refractivity contribution in [1.82, 2.24) is 10.6 Å². The average molecular weight is 770 g/mol. The van der Waals surface area contributed by atoms with Gasteiger partial charge in [-0.15, -0.1) is 9.24 Å². The molecule has 0 aromatic heterocycles. The third-order valence-electron chi connectivity index (χ3n) is 8.91. The summed E-state index contributed by atoms with van der Waals surface area (Å²) in [7, 11) is 2.29. The lowest BCUT2D eigenvalue weighted by atomic mass is 9.91. The van der Waals surface area contributed by atoms with E-state index in [1.54, 1.807) is 39.8 Å². The number of Topliss-reactive ketones (excluding diaryl/α,β-unsaturated/α-hetero) is 2. The van der Waals surface area contributed by atoms with E-state index in [2.05, 4.69) is 37.8 Å². The Morgan fingerprint density at radius 1 is 1.00 bits per heavy atom. The zero-order chi connectivity index (χ0) is 39.2. The summed E-state index contributed by atoms with van der Waals surface area (Å²) in [5.41, 5.74) is 0.716. The highest BCUT2D eigenvalue weighted by molar-refractivity contribution is 7.82. The van der Waals surface area contributed by atoms with Crippen LogP contribution in [0.25, 0.3) is 0 Å². The van der Waals surface area contributed by atoms with Crippen molar-refractivity contribution in [1.29, 1.82) is 0 Å². The van der Waals surface area contributed by atoms with Crippen molar-refractivity contribution in [3.63, 3.8) is 0 Å². The van der Waals surface area contributed by atoms with Crippen molar-refractivity contribution < 1.29 is 63.5 Å². The lowest BCUT2D eigenvalue weighted by Crippen LogP contribution is -2.59. The minimum atomic E-state index is -1.85. The number of amides is 3. The van der Waals surface area contributed by atoms with Gasteiger partial charge in [-0.2, -0.15) is 12.6 Å². The van der Waals surface area contributed by atoms with Gasteiger partial charge in [-0.25, -0.2) is 4.79 Å². The van der Waals surface area contributed by atoms with E-state index in [1.807, 2.05) is 0 Å². The summed E-state index contributed by atoms with van der Waals surface area (Å²) >= 11 is 4.22. The quantitative estimate of drug-likeness (QED) is 0.0494. The molecule has 1 saturated heterocycles. The van der Waals surface area contributed by atoms with E-state index in [9.17, 15) is 54.0 Å². The second-order valence-corrected chi connectivity index (χ2v) is 15.9. The first-order valence-electron chi connectivity index (χ1n) is 16.8. The SMILES string of the molecule is CC(C)[C@H](NC(=O)CC1C(=O)CC(P)C1=O)C(=O)N[C@@H](C)C(=O)Nc1ccc(COC(=O)C(C)(C)S)c(CC[C@@H]2O[C@H](C(=O)O)[C@@H](O)[C@H](O)[C@H]2O)c1. The average Bonchev–Trinajstić information content (AvgIpc) is 3.29. The number of aliphatic hydroxyl groups excluding tert-OH is 3. The number of ether oxygens (including phenoxy) is 2. The largest absolute Gasteiger partial charge is 0.479 e. The molecule has 3 rings (SSSR count). The number of thiol groups is 1. The van der Waals surface area contributed by atoms with E-state index < -0.39 is 94.5 Å². The third kappa shape index (κ3) is 11.0. The molecule has 2 aliphatic rings. The number of anilines is 1. The molecule has 1 aromatic carbocycles. The van der Waals surface area contributed by atoms with Crippen LogP contribution in [0.2, 0.25) is 0 Å². The number of aryl methyl sites for hydroxylation is 1. The fraction of sp³-hybridized carbons (Fsp3) is 0.618. The van der Waals surface area contributed by atoms with Crippen LogP contribution in [0.3, 0.4) is 0 Å². The van der Waals surface area contributed by atoms with Gasteiger partial charge in [0, 0.05) is 24.2 Å². The normalized spacial score (nSPS) is 26.0. The third-order valence-corrected chi connectivity index (χ3v) is 9.66. The number of aliphatic carboxylic acids is 1. The fourth-order valence-corrected chi connectivity index (χ4v) is 6.28. The van der Waals surface area contributed by atoms with E-state index in [0.29, 0.717) is 11.1 Å². The molecule has 1 aromatic rings. The number of carboxylic acids is 1. The summed E-state index contributed by atoms with van der Waals surface area (Å²) in [6.45, 7) is 7.69. The van der Waals surface area contributed by atoms with Gasteiger partial charge in [0.25, 0.3) is 0 Å². The highest BCUT2D eigenvalue weighted by Gasteiger charge is 2.46. The summed E-state index contributed by atoms with van der Waals surface area (Å²) < 4.78 is 9.70. The fourth-order valence-electron chi connectivity index (χ4n) is 5.75. The Balaban J connectivity index is 1.72. The number of esters is 1. The summed E-state index contributed by atoms with van der Waals surface area (Å²) in [4.78, 5) is 87.5. The Morgan fingerprint density at radius 3 is 2.21 bits per heavy atom. The molecule has 0 bridgehead atoms. The van der Waals surface area contributed by atoms with Crippen molar-refractivity contribution in [2.24, 2.45) is 11.8 Å². The maximum absolute atomic E-state index is 13.2. The van der Waals surface area contributed by atoms with Crippen molar-refractivity contribution >= 4 is 68.8 Å². The van der Waals surface area contributed by atoms with Crippen LogP contribution in [-0.4, -0.2) is 115 Å². The molecule has 2 fully saturated rings. The first-order chi connectivity index (χ1) is 24.1. The van der Waals surface area contributed by atoms with E-state index in [-0.39, 0.29) is 49.5 Å². The molecule has 1 aliphatic heterocycles. The molecule has 288 valence electrons. The molecular weight excluding hydrogens is 721 g/mol. The van der Waals surface area contributed by atoms with Gasteiger partial charge in [0.1, 0.15) is 47.5 Å². The number of aliphatic hydroxyl groups is 3. The van der Waals surface area contributed by atoms with Crippen LogP contribution in [0.5, 0.6) is 0 Å². The second-order valence-electron chi connectivity index (χ2n) is 14.0. The molecule has 10 atom stereocenters. The lowest BCUT2D eigenvalue weighted by molar-refractivity contribution is -0.228. The van der Waals surface area contributed by atoms with Crippen LogP contribution >= 0.6 is 21.9 Å². The zero-order valence-electron chi connectivity index (χ0n) is 29.5. The number of rotatable bonds is 15. The van der Waals surface area contributed by atoms with Crippen molar-refractivity contribution in [3.05, 3.63) is 29.3 Å². The van der Waals surface area contributed by atoms with Crippen LogP contribution in [-0.2, 0) is 56.1 Å². The molecule has 1 saturated carbocycles. The van der Waals surface area contributed by atoms with Crippen LogP contribution < -0.4 is 16.0 Å². The van der Waals surface area contributed by atoms with Gasteiger partial charge in [-0.05, 0) is 62.8 Å². The summed E-state index contributed by atoms with van der Waals surface area (Å²) in [5.74, 6) is -6.24. The van der Waals surface area contributed by atoms with E-state index >= 15 is 0 Å². The van der Waals surface area contributed by atoms with Crippen molar-refractivity contribution in [2.75, 3.05) is 5.32 Å². The number of carbonyl (C=O) groups is 7. The van der Waals surface area contributed by atoms with Gasteiger partial charge < -0.3 is 45.9 Å². The van der Waals surface area contributed by atoms with Gasteiger partial charge in [0.2, 0.25) is 17.7 Å². The van der Waals surface area contributed by atoms with E-state index in [1.165, 1.54) is 13.0 Å². The highest BCUT2D eigenvalue weighted by atomic mass is 32.1. The highest BCUT2D eigenvalue weighted by Crippen LogP contribution is 2.28. The molecule has 3 unspecified atom stereocenters. The first kappa shape index (κ1) is 42.9. The summed E-state index contributed by atoms with van der Waals surface area (Å²) in [6.07, 6.45) is -8.54. The molecular formula is C34H48N3O13PS. The van der Waals surface area contributed by atoms with Crippen LogP contribution in [0.15, 0.2) is 18.2 Å². The smallest absolute Gasteiger partial charge is 0.335 e. The maximum atomic E-state index is 13.2. The Kier molecular flexibility index (Phi) is 14.9. The lowest BCUT2D eigenvalue weighted by Gasteiger charge is -2.39. The minimum absolute atomic E-state index is 0.0364. The first-order valence-corrected chi connectivity index (χ1v) is 17.9. The maximum Gasteiger partial charge on any atom is 0.335 e. The predicted octanol–water partition coefficient (Wildman–Crippen LogP) is -0.319. The van der Waals surface area contributed by atoms with E-state index in [4.69, 9.17) is 9.47 Å². The number of nitrogens with one attached hydrogen (secondary N) is 3. The number of benzene rings is 1. The molecule has 18 heteroatoms. The standard InChI is InChI=1S/C34H48N3O13PS/c1-14(2)24(37-23(39)11-19-20(38)12-22(51)25(19)40)31(45)35-15(3)30(44)36-18-8-6-17(13-49-33(48)34(4,5)52)16(10-18)7-9-21-26(41)27(42)28(43)29(50-21)32(46)47/h6,8,10,14-15,19,21-22,24,26-29,41-43,52H,7,9,11-13,51H2,1-5H3,(H,35,45)(H,36,44)(H,37,39)(H,46,47)/t15-,19?,21-,22?,24-,26-,27+,28-,29-/m0/s1. The Bertz CT molecular complexity index is 1550. The number of carbonyl (C=O) groups excluding carboxylic acids is 6.